The number of hydrogen-bond acceptors (Lipinski definition) is 2. The standard InChI is InChI=1S/C21H27NO/c1-22(2)14-6-7-17-12-13-21(23-16-18-10-11-18)20(15-17)19-8-4-3-5-9-19/h3-5,8-9,12-13,15,18H,6-7,10-11,14,16H2,1-2H3. The van der Waals surface area contributed by atoms with Gasteiger partial charge < -0.3 is 9.64 Å². The molecule has 0 aromatic heterocycles. The smallest absolute Gasteiger partial charge is 0.127 e. The molecule has 0 heterocycles. The summed E-state index contributed by atoms with van der Waals surface area (Å²) >= 11 is 0. The molecule has 2 aromatic rings. The molecule has 1 aliphatic rings. The third kappa shape index (κ3) is 4.84. The number of ether oxygens (including phenoxy) is 1. The van der Waals surface area contributed by atoms with Gasteiger partial charge >= 0.3 is 0 Å². The highest BCUT2D eigenvalue weighted by molar-refractivity contribution is 5.71. The minimum absolute atomic E-state index is 0.776. The summed E-state index contributed by atoms with van der Waals surface area (Å²) < 4.78 is 6.10. The molecule has 2 aromatic carbocycles. The van der Waals surface area contributed by atoms with Crippen LogP contribution in [0.15, 0.2) is 48.5 Å². The van der Waals surface area contributed by atoms with Crippen LogP contribution in [0.4, 0.5) is 0 Å². The Morgan fingerprint density at radius 3 is 2.52 bits per heavy atom. The van der Waals surface area contributed by atoms with E-state index in [1.165, 1.54) is 36.0 Å². The van der Waals surface area contributed by atoms with E-state index in [1.807, 2.05) is 0 Å². The quantitative estimate of drug-likeness (QED) is 0.704. The molecule has 0 radical (unpaired) electrons. The maximum absolute atomic E-state index is 6.10. The van der Waals surface area contributed by atoms with Crippen LogP contribution in [0.1, 0.15) is 24.8 Å². The lowest BCUT2D eigenvalue weighted by Gasteiger charge is -2.14. The molecule has 0 atom stereocenters. The highest BCUT2D eigenvalue weighted by atomic mass is 16.5. The highest BCUT2D eigenvalue weighted by Crippen LogP contribution is 2.34. The largest absolute Gasteiger partial charge is 0.493 e. The fourth-order valence-corrected chi connectivity index (χ4v) is 2.79. The first kappa shape index (κ1) is 16.1. The Bertz CT molecular complexity index is 617. The maximum Gasteiger partial charge on any atom is 0.127 e. The first-order valence-electron chi connectivity index (χ1n) is 8.68. The Morgan fingerprint density at radius 2 is 1.83 bits per heavy atom. The lowest BCUT2D eigenvalue weighted by molar-refractivity contribution is 0.301. The van der Waals surface area contributed by atoms with Crippen LogP contribution in [0.25, 0.3) is 11.1 Å². The van der Waals surface area contributed by atoms with E-state index < -0.39 is 0 Å². The van der Waals surface area contributed by atoms with Gasteiger partial charge in [0.15, 0.2) is 0 Å². The Labute approximate surface area is 140 Å². The van der Waals surface area contributed by atoms with Crippen LogP contribution in [0.3, 0.4) is 0 Å². The van der Waals surface area contributed by atoms with E-state index in [-0.39, 0.29) is 0 Å². The third-order valence-electron chi connectivity index (χ3n) is 4.37. The van der Waals surface area contributed by atoms with Gasteiger partial charge in [0.05, 0.1) is 6.61 Å². The molecule has 1 aliphatic carbocycles. The molecule has 122 valence electrons. The van der Waals surface area contributed by atoms with E-state index in [1.54, 1.807) is 0 Å². The van der Waals surface area contributed by atoms with Crippen molar-refractivity contribution < 1.29 is 4.74 Å². The molecule has 0 aliphatic heterocycles. The van der Waals surface area contributed by atoms with Gasteiger partial charge in [0.25, 0.3) is 0 Å². The van der Waals surface area contributed by atoms with E-state index in [2.05, 4.69) is 67.5 Å². The second kappa shape index (κ2) is 7.65. The minimum atomic E-state index is 0.776. The zero-order chi connectivity index (χ0) is 16.1. The van der Waals surface area contributed by atoms with Crippen LogP contribution in [0.5, 0.6) is 5.75 Å². The number of benzene rings is 2. The Kier molecular flexibility index (Phi) is 5.35. The van der Waals surface area contributed by atoms with E-state index in [9.17, 15) is 0 Å². The molecular weight excluding hydrogens is 282 g/mol. The molecule has 3 rings (SSSR count). The van der Waals surface area contributed by atoms with Crippen LogP contribution in [0, 0.1) is 5.92 Å². The second-order valence-corrected chi connectivity index (χ2v) is 6.86. The molecule has 0 spiro atoms. The molecule has 1 saturated carbocycles. The zero-order valence-electron chi connectivity index (χ0n) is 14.3. The normalized spacial score (nSPS) is 14.2. The molecule has 0 saturated heterocycles. The summed E-state index contributed by atoms with van der Waals surface area (Å²) in [5.74, 6) is 1.80. The number of rotatable bonds is 8. The van der Waals surface area contributed by atoms with Gasteiger partial charge in [-0.05, 0) is 75.5 Å². The zero-order valence-corrected chi connectivity index (χ0v) is 14.3. The summed E-state index contributed by atoms with van der Waals surface area (Å²) in [4.78, 5) is 2.24. The van der Waals surface area contributed by atoms with Crippen LogP contribution in [0.2, 0.25) is 0 Å². The predicted molar refractivity (Wildman–Crippen MR) is 97.0 cm³/mol. The molecule has 0 bridgehead atoms. The molecule has 0 unspecified atom stereocenters. The van der Waals surface area contributed by atoms with E-state index in [0.717, 1.165) is 31.2 Å². The Balaban J connectivity index is 1.78. The van der Waals surface area contributed by atoms with Gasteiger partial charge in [-0.25, -0.2) is 0 Å². The fraction of sp³-hybridized carbons (Fsp3) is 0.429. The van der Waals surface area contributed by atoms with Gasteiger partial charge in [0, 0.05) is 5.56 Å². The molecular formula is C21H27NO. The van der Waals surface area contributed by atoms with E-state index in [0.29, 0.717) is 0 Å². The van der Waals surface area contributed by atoms with Crippen molar-refractivity contribution in [2.45, 2.75) is 25.7 Å². The van der Waals surface area contributed by atoms with Crippen molar-refractivity contribution in [1.82, 2.24) is 4.90 Å². The first-order chi connectivity index (χ1) is 11.2. The lowest BCUT2D eigenvalue weighted by atomic mass is 9.99. The van der Waals surface area contributed by atoms with Crippen molar-refractivity contribution in [3.8, 4) is 16.9 Å². The molecule has 0 N–H and O–H groups in total. The molecule has 2 heteroatoms. The second-order valence-electron chi connectivity index (χ2n) is 6.86. The number of nitrogens with zero attached hydrogens (tertiary/aromatic N) is 1. The van der Waals surface area contributed by atoms with Crippen molar-refractivity contribution in [2.75, 3.05) is 27.2 Å². The summed E-state index contributed by atoms with van der Waals surface area (Å²) in [5, 5.41) is 0. The summed E-state index contributed by atoms with van der Waals surface area (Å²) in [7, 11) is 4.26. The van der Waals surface area contributed by atoms with Crippen molar-refractivity contribution >= 4 is 0 Å². The topological polar surface area (TPSA) is 12.5 Å². The molecule has 0 amide bonds. The highest BCUT2D eigenvalue weighted by Gasteiger charge is 2.22. The van der Waals surface area contributed by atoms with Crippen molar-refractivity contribution in [1.29, 1.82) is 0 Å². The lowest BCUT2D eigenvalue weighted by Crippen LogP contribution is -2.13. The SMILES string of the molecule is CN(C)CCCc1ccc(OCC2CC2)c(-c2ccccc2)c1. The van der Waals surface area contributed by atoms with Gasteiger partial charge in [0.1, 0.15) is 5.75 Å². The molecule has 23 heavy (non-hydrogen) atoms. The van der Waals surface area contributed by atoms with Gasteiger partial charge in [0.2, 0.25) is 0 Å². The fourth-order valence-electron chi connectivity index (χ4n) is 2.79. The van der Waals surface area contributed by atoms with Crippen LogP contribution < -0.4 is 4.74 Å². The van der Waals surface area contributed by atoms with Crippen LogP contribution in [-0.2, 0) is 6.42 Å². The average molecular weight is 309 g/mol. The van der Waals surface area contributed by atoms with Gasteiger partial charge in [-0.2, -0.15) is 0 Å². The summed E-state index contributed by atoms with van der Waals surface area (Å²) in [6, 6.07) is 17.3. The summed E-state index contributed by atoms with van der Waals surface area (Å²) in [6.45, 7) is 1.99. The van der Waals surface area contributed by atoms with Crippen LogP contribution in [-0.4, -0.2) is 32.1 Å². The maximum atomic E-state index is 6.10. The average Bonchev–Trinajstić information content (AvgIpc) is 3.38. The minimum Gasteiger partial charge on any atom is -0.493 e. The number of hydrogen-bond donors (Lipinski definition) is 0. The van der Waals surface area contributed by atoms with Crippen LogP contribution >= 0.6 is 0 Å². The van der Waals surface area contributed by atoms with Crippen molar-refractivity contribution in [3.05, 3.63) is 54.1 Å². The predicted octanol–water partition coefficient (Wildman–Crippen LogP) is 4.64. The van der Waals surface area contributed by atoms with E-state index in [4.69, 9.17) is 4.74 Å². The molecule has 2 nitrogen and oxygen atoms in total. The summed E-state index contributed by atoms with van der Waals surface area (Å²) in [5.41, 5.74) is 3.87. The van der Waals surface area contributed by atoms with Crippen molar-refractivity contribution in [2.24, 2.45) is 5.92 Å². The third-order valence-corrected chi connectivity index (χ3v) is 4.37. The van der Waals surface area contributed by atoms with Gasteiger partial charge in [-0.1, -0.05) is 36.4 Å². The van der Waals surface area contributed by atoms with E-state index >= 15 is 0 Å². The van der Waals surface area contributed by atoms with Gasteiger partial charge in [-0.3, -0.25) is 0 Å². The number of aryl methyl sites for hydroxylation is 1. The molecule has 1 fully saturated rings. The first-order valence-corrected chi connectivity index (χ1v) is 8.68. The van der Waals surface area contributed by atoms with Crippen molar-refractivity contribution in [3.63, 3.8) is 0 Å². The summed E-state index contributed by atoms with van der Waals surface area (Å²) in [6.07, 6.45) is 4.94. The van der Waals surface area contributed by atoms with Gasteiger partial charge in [-0.15, -0.1) is 0 Å². The Morgan fingerprint density at radius 1 is 1.04 bits per heavy atom. The Hall–Kier alpha value is -1.80. The monoisotopic (exact) mass is 309 g/mol.